The van der Waals surface area contributed by atoms with Crippen molar-refractivity contribution in [1.82, 2.24) is 18.7 Å². The van der Waals surface area contributed by atoms with Gasteiger partial charge in [-0.05, 0) is 83.9 Å². The van der Waals surface area contributed by atoms with Gasteiger partial charge in [-0.1, -0.05) is 103 Å². The van der Waals surface area contributed by atoms with Gasteiger partial charge in [0.15, 0.2) is 0 Å². The number of fused-ring (bicyclic) bond motifs is 10. The van der Waals surface area contributed by atoms with Crippen LogP contribution < -0.4 is 0 Å². The van der Waals surface area contributed by atoms with Crippen molar-refractivity contribution in [3.05, 3.63) is 182 Å². The molecule has 0 N–H and O–H groups in total. The molecule has 4 nitrogen and oxygen atoms in total. The highest BCUT2D eigenvalue weighted by atomic mass is 15.0. The van der Waals surface area contributed by atoms with E-state index in [9.17, 15) is 0 Å². The van der Waals surface area contributed by atoms with E-state index in [1.54, 1.807) is 0 Å². The van der Waals surface area contributed by atoms with Crippen LogP contribution in [-0.4, -0.2) is 18.7 Å². The number of aromatic nitrogens is 4. The SMILES string of the molecule is c1ccc(-c2ccc(-n3c4ccccc4c4c3ccc3c5ccccc5n(-c5ccc6c(c5)c5ncccc5n6-c5ccccc5)c34)cc2)cc1. The summed E-state index contributed by atoms with van der Waals surface area (Å²) in [5, 5.41) is 6.09. The van der Waals surface area contributed by atoms with Crippen LogP contribution in [-0.2, 0) is 0 Å². The minimum Gasteiger partial charge on any atom is -0.309 e. The quantitative estimate of drug-likeness (QED) is 0.186. The van der Waals surface area contributed by atoms with Crippen LogP contribution in [0.2, 0.25) is 0 Å². The zero-order valence-corrected chi connectivity index (χ0v) is 27.6. The van der Waals surface area contributed by atoms with Crippen molar-refractivity contribution in [3.63, 3.8) is 0 Å². The van der Waals surface area contributed by atoms with Gasteiger partial charge in [-0.3, -0.25) is 4.98 Å². The van der Waals surface area contributed by atoms with Crippen LogP contribution in [0.1, 0.15) is 0 Å². The summed E-state index contributed by atoms with van der Waals surface area (Å²) in [7, 11) is 0. The number of benzene rings is 7. The number of para-hydroxylation sites is 3. The molecule has 51 heavy (non-hydrogen) atoms. The summed E-state index contributed by atoms with van der Waals surface area (Å²) < 4.78 is 7.21. The maximum atomic E-state index is 4.92. The van der Waals surface area contributed by atoms with Crippen molar-refractivity contribution in [3.8, 4) is 28.2 Å². The fourth-order valence-electron chi connectivity index (χ4n) is 8.31. The lowest BCUT2D eigenvalue weighted by Crippen LogP contribution is -1.96. The molecule has 0 bridgehead atoms. The summed E-state index contributed by atoms with van der Waals surface area (Å²) in [6.45, 7) is 0. The van der Waals surface area contributed by atoms with Gasteiger partial charge in [0, 0.05) is 50.2 Å². The molecular formula is C47H30N4. The van der Waals surface area contributed by atoms with E-state index in [0.29, 0.717) is 0 Å². The maximum Gasteiger partial charge on any atom is 0.0964 e. The van der Waals surface area contributed by atoms with E-state index in [1.165, 1.54) is 54.7 Å². The molecule has 0 fully saturated rings. The van der Waals surface area contributed by atoms with Gasteiger partial charge in [0.2, 0.25) is 0 Å². The third kappa shape index (κ3) is 4.05. The Morgan fingerprint density at radius 1 is 0.333 bits per heavy atom. The Morgan fingerprint density at radius 3 is 1.71 bits per heavy atom. The molecule has 0 aliphatic carbocycles. The second-order valence-corrected chi connectivity index (χ2v) is 13.2. The molecule has 4 heteroatoms. The van der Waals surface area contributed by atoms with Gasteiger partial charge in [0.25, 0.3) is 0 Å². The standard InChI is InChI=1S/C47H30N4/c1-3-12-31(13-4-1)32-21-23-34(24-22-32)49-41-19-10-8-17-38(41)45-43(49)28-26-37-36-16-7-9-18-40(36)51(47(37)45)35-25-27-42-39(30-35)46-44(20-11-29-48-46)50(42)33-14-5-2-6-15-33/h1-30H. The molecule has 0 amide bonds. The van der Waals surface area contributed by atoms with Crippen LogP contribution in [0.15, 0.2) is 182 Å². The van der Waals surface area contributed by atoms with Crippen molar-refractivity contribution in [1.29, 1.82) is 0 Å². The van der Waals surface area contributed by atoms with Crippen LogP contribution in [0, 0.1) is 0 Å². The van der Waals surface area contributed by atoms with E-state index in [-0.39, 0.29) is 0 Å². The third-order valence-corrected chi connectivity index (χ3v) is 10.5. The largest absolute Gasteiger partial charge is 0.309 e. The van der Waals surface area contributed by atoms with Crippen molar-refractivity contribution in [2.24, 2.45) is 0 Å². The van der Waals surface area contributed by atoms with E-state index < -0.39 is 0 Å². The summed E-state index contributed by atoms with van der Waals surface area (Å²) in [5.74, 6) is 0. The van der Waals surface area contributed by atoms with Gasteiger partial charge >= 0.3 is 0 Å². The van der Waals surface area contributed by atoms with Gasteiger partial charge in [-0.15, -0.1) is 0 Å². The molecule has 0 atom stereocenters. The molecule has 4 heterocycles. The number of pyridine rings is 1. The normalized spacial score (nSPS) is 11.9. The first kappa shape index (κ1) is 28.0. The molecule has 4 aromatic heterocycles. The summed E-state index contributed by atoms with van der Waals surface area (Å²) >= 11 is 0. The second-order valence-electron chi connectivity index (χ2n) is 13.2. The molecular weight excluding hydrogens is 621 g/mol. The van der Waals surface area contributed by atoms with Crippen molar-refractivity contribution >= 4 is 65.5 Å². The Labute approximate surface area is 293 Å². The van der Waals surface area contributed by atoms with Crippen LogP contribution >= 0.6 is 0 Å². The fourth-order valence-corrected chi connectivity index (χ4v) is 8.31. The lowest BCUT2D eigenvalue weighted by Gasteiger charge is -2.11. The molecule has 7 aromatic carbocycles. The van der Waals surface area contributed by atoms with E-state index >= 15 is 0 Å². The third-order valence-electron chi connectivity index (χ3n) is 10.5. The zero-order valence-electron chi connectivity index (χ0n) is 27.6. The first-order valence-corrected chi connectivity index (χ1v) is 17.4. The van der Waals surface area contributed by atoms with Crippen LogP contribution in [0.25, 0.3) is 93.7 Å². The summed E-state index contributed by atoms with van der Waals surface area (Å²) in [5.41, 5.74) is 13.8. The molecule has 0 unspecified atom stereocenters. The second kappa shape index (κ2) is 10.8. The van der Waals surface area contributed by atoms with Gasteiger partial charge in [0.1, 0.15) is 0 Å². The lowest BCUT2D eigenvalue weighted by molar-refractivity contribution is 1.16. The Morgan fingerprint density at radius 2 is 0.902 bits per heavy atom. The molecule has 238 valence electrons. The van der Waals surface area contributed by atoms with E-state index in [2.05, 4.69) is 184 Å². The molecule has 0 aliphatic rings. The Balaban J connectivity index is 1.21. The van der Waals surface area contributed by atoms with E-state index in [4.69, 9.17) is 4.98 Å². The number of nitrogens with zero attached hydrogens (tertiary/aromatic N) is 4. The predicted molar refractivity (Wildman–Crippen MR) is 213 cm³/mol. The minimum atomic E-state index is 1.000. The minimum absolute atomic E-state index is 1.000. The predicted octanol–water partition coefficient (Wildman–Crippen LogP) is 12.0. The van der Waals surface area contributed by atoms with Crippen LogP contribution in [0.5, 0.6) is 0 Å². The highest BCUT2D eigenvalue weighted by Gasteiger charge is 2.22. The Hall–Kier alpha value is -6.91. The molecule has 11 aromatic rings. The summed E-state index contributed by atoms with van der Waals surface area (Å²) in [4.78, 5) is 4.92. The van der Waals surface area contributed by atoms with Crippen LogP contribution in [0.4, 0.5) is 0 Å². The summed E-state index contributed by atoms with van der Waals surface area (Å²) in [6.07, 6.45) is 1.90. The number of hydrogen-bond acceptors (Lipinski definition) is 1. The first-order chi connectivity index (χ1) is 25.3. The lowest BCUT2D eigenvalue weighted by atomic mass is 10.1. The highest BCUT2D eigenvalue weighted by Crippen LogP contribution is 2.43. The zero-order chi connectivity index (χ0) is 33.5. The monoisotopic (exact) mass is 650 g/mol. The average molecular weight is 651 g/mol. The van der Waals surface area contributed by atoms with Crippen molar-refractivity contribution < 1.29 is 0 Å². The molecule has 0 spiro atoms. The Kier molecular flexibility index (Phi) is 5.92. The maximum absolute atomic E-state index is 4.92. The van der Waals surface area contributed by atoms with Crippen molar-refractivity contribution in [2.45, 2.75) is 0 Å². The van der Waals surface area contributed by atoms with Crippen LogP contribution in [0.3, 0.4) is 0 Å². The molecule has 11 rings (SSSR count). The number of rotatable bonds is 4. The average Bonchev–Trinajstić information content (AvgIpc) is 3.84. The Bertz CT molecular complexity index is 3110. The fraction of sp³-hybridized carbons (Fsp3) is 0. The van der Waals surface area contributed by atoms with Crippen molar-refractivity contribution in [2.75, 3.05) is 0 Å². The summed E-state index contributed by atoms with van der Waals surface area (Å²) in [6, 6.07) is 63.4. The van der Waals surface area contributed by atoms with Gasteiger partial charge in [0.05, 0.1) is 38.6 Å². The van der Waals surface area contributed by atoms with Gasteiger partial charge in [-0.2, -0.15) is 0 Å². The number of hydrogen-bond donors (Lipinski definition) is 0. The topological polar surface area (TPSA) is 27.7 Å². The van der Waals surface area contributed by atoms with Gasteiger partial charge in [-0.25, -0.2) is 0 Å². The first-order valence-electron chi connectivity index (χ1n) is 17.4. The van der Waals surface area contributed by atoms with E-state index in [1.807, 2.05) is 12.3 Å². The molecule has 0 saturated heterocycles. The smallest absolute Gasteiger partial charge is 0.0964 e. The molecule has 0 aliphatic heterocycles. The van der Waals surface area contributed by atoms with Gasteiger partial charge < -0.3 is 13.7 Å². The van der Waals surface area contributed by atoms with E-state index in [0.717, 1.165) is 39.0 Å². The molecule has 0 saturated carbocycles. The molecule has 0 radical (unpaired) electrons. The highest BCUT2D eigenvalue weighted by molar-refractivity contribution is 6.26.